The maximum atomic E-state index is 11.1. The van der Waals surface area contributed by atoms with Crippen LogP contribution in [0.15, 0.2) is 97.1 Å². The molecular weight excluding hydrogens is 677 g/mol. The normalized spacial score (nSPS) is 19.6. The van der Waals surface area contributed by atoms with Gasteiger partial charge in [0.05, 0.1) is 25.4 Å². The van der Waals surface area contributed by atoms with Gasteiger partial charge in [-0.2, -0.15) is 0 Å². The summed E-state index contributed by atoms with van der Waals surface area (Å²) in [5.74, 6) is 3.25. The van der Waals surface area contributed by atoms with Crippen LogP contribution in [-0.4, -0.2) is 61.0 Å². The van der Waals surface area contributed by atoms with Crippen LogP contribution in [0.4, 0.5) is 0 Å². The maximum absolute atomic E-state index is 11.1. The summed E-state index contributed by atoms with van der Waals surface area (Å²) in [4.78, 5) is 0. The molecule has 6 rings (SSSR count). The summed E-state index contributed by atoms with van der Waals surface area (Å²) in [5.41, 5.74) is 3.57. The summed E-state index contributed by atoms with van der Waals surface area (Å²) in [6.45, 7) is 19.8. The summed E-state index contributed by atoms with van der Waals surface area (Å²) in [6.07, 6.45) is 2.88. The highest BCUT2D eigenvalue weighted by molar-refractivity contribution is 5.43. The molecule has 1 N–H and O–H groups in total. The SMILES string of the molecule is CCC(C)(CC(O)COc1ccc(C(C)(C)c2ccc(OC(C)(CC)CC3CO3)cc2)cc1)Oc1ccc(C(C)(C)c2ccc(OCC3CO3)cc2)cc1. The van der Waals surface area contributed by atoms with E-state index >= 15 is 0 Å². The Labute approximate surface area is 322 Å². The Kier molecular flexibility index (Phi) is 12.0. The molecule has 0 radical (unpaired) electrons. The number of aliphatic hydroxyl groups excluding tert-OH is 1. The third-order valence-electron chi connectivity index (χ3n) is 11.5. The second-order valence-corrected chi connectivity index (χ2v) is 16.8. The molecule has 4 aromatic carbocycles. The van der Waals surface area contributed by atoms with Crippen molar-refractivity contribution in [1.82, 2.24) is 0 Å². The molecule has 5 atom stereocenters. The molecule has 0 bridgehead atoms. The van der Waals surface area contributed by atoms with Gasteiger partial charge in [-0.3, -0.25) is 0 Å². The molecule has 7 heteroatoms. The van der Waals surface area contributed by atoms with Crippen molar-refractivity contribution in [1.29, 1.82) is 0 Å². The Morgan fingerprint density at radius 1 is 0.556 bits per heavy atom. The van der Waals surface area contributed by atoms with Gasteiger partial charge in [-0.1, -0.05) is 90.1 Å². The summed E-state index contributed by atoms with van der Waals surface area (Å²) >= 11 is 0. The fourth-order valence-corrected chi connectivity index (χ4v) is 7.00. The second-order valence-electron chi connectivity index (χ2n) is 16.8. The minimum Gasteiger partial charge on any atom is -0.491 e. The molecule has 54 heavy (non-hydrogen) atoms. The van der Waals surface area contributed by atoms with E-state index in [0.717, 1.165) is 55.5 Å². The van der Waals surface area contributed by atoms with Gasteiger partial charge in [0.15, 0.2) is 0 Å². The van der Waals surface area contributed by atoms with E-state index in [0.29, 0.717) is 19.1 Å². The summed E-state index contributed by atoms with van der Waals surface area (Å²) in [7, 11) is 0. The lowest BCUT2D eigenvalue weighted by Gasteiger charge is -2.32. The van der Waals surface area contributed by atoms with Gasteiger partial charge in [-0.25, -0.2) is 0 Å². The van der Waals surface area contributed by atoms with Crippen molar-refractivity contribution < 1.29 is 33.5 Å². The van der Waals surface area contributed by atoms with Crippen molar-refractivity contribution in [2.45, 2.75) is 121 Å². The Hall–Kier alpha value is -4.04. The van der Waals surface area contributed by atoms with E-state index in [2.05, 4.69) is 109 Å². The van der Waals surface area contributed by atoms with Gasteiger partial charge >= 0.3 is 0 Å². The Morgan fingerprint density at radius 3 is 1.31 bits per heavy atom. The molecule has 0 aromatic heterocycles. The van der Waals surface area contributed by atoms with Gasteiger partial charge < -0.3 is 33.5 Å². The predicted octanol–water partition coefficient (Wildman–Crippen LogP) is 9.83. The fourth-order valence-electron chi connectivity index (χ4n) is 7.00. The van der Waals surface area contributed by atoms with E-state index in [9.17, 15) is 5.11 Å². The first-order valence-electron chi connectivity index (χ1n) is 19.7. The third kappa shape index (κ3) is 10.2. The van der Waals surface area contributed by atoms with E-state index < -0.39 is 11.7 Å². The predicted molar refractivity (Wildman–Crippen MR) is 214 cm³/mol. The topological polar surface area (TPSA) is 82.2 Å². The number of epoxide rings is 2. The quantitative estimate of drug-likeness (QED) is 0.0905. The van der Waals surface area contributed by atoms with E-state index in [1.54, 1.807) is 0 Å². The zero-order chi connectivity index (χ0) is 38.6. The molecule has 2 aliphatic heterocycles. The largest absolute Gasteiger partial charge is 0.491 e. The first kappa shape index (κ1) is 39.6. The number of hydrogen-bond donors (Lipinski definition) is 1. The summed E-state index contributed by atoms with van der Waals surface area (Å²) in [5, 5.41) is 11.1. The van der Waals surface area contributed by atoms with Crippen LogP contribution in [0.3, 0.4) is 0 Å². The lowest BCUT2D eigenvalue weighted by atomic mass is 9.78. The van der Waals surface area contributed by atoms with Gasteiger partial charge in [0.25, 0.3) is 0 Å². The van der Waals surface area contributed by atoms with Gasteiger partial charge in [0, 0.05) is 23.7 Å². The van der Waals surface area contributed by atoms with Crippen molar-refractivity contribution in [2.75, 3.05) is 26.4 Å². The van der Waals surface area contributed by atoms with Crippen LogP contribution in [0.2, 0.25) is 0 Å². The minimum atomic E-state index is -0.694. The van der Waals surface area contributed by atoms with E-state index in [1.165, 1.54) is 22.3 Å². The minimum absolute atomic E-state index is 0.179. The van der Waals surface area contributed by atoms with Crippen LogP contribution in [0.25, 0.3) is 0 Å². The summed E-state index contributed by atoms with van der Waals surface area (Å²) in [6, 6.07) is 33.3. The molecule has 2 fully saturated rings. The summed E-state index contributed by atoms with van der Waals surface area (Å²) < 4.78 is 35.5. The van der Waals surface area contributed by atoms with Crippen molar-refractivity contribution in [3.8, 4) is 23.0 Å². The molecule has 5 unspecified atom stereocenters. The molecule has 290 valence electrons. The lowest BCUT2D eigenvalue weighted by Crippen LogP contribution is -2.37. The van der Waals surface area contributed by atoms with Crippen molar-refractivity contribution in [2.24, 2.45) is 0 Å². The lowest BCUT2D eigenvalue weighted by molar-refractivity contribution is 0.00433. The fraction of sp³-hybridized carbons (Fsp3) is 0.489. The molecular formula is C47H60O7. The molecule has 0 saturated carbocycles. The second kappa shape index (κ2) is 16.4. The number of benzene rings is 4. The molecule has 0 aliphatic carbocycles. The maximum Gasteiger partial charge on any atom is 0.120 e. The zero-order valence-electron chi connectivity index (χ0n) is 33.5. The third-order valence-corrected chi connectivity index (χ3v) is 11.5. The Bertz CT molecular complexity index is 1770. The van der Waals surface area contributed by atoms with Crippen LogP contribution >= 0.6 is 0 Å². The van der Waals surface area contributed by atoms with E-state index in [-0.39, 0.29) is 29.1 Å². The van der Waals surface area contributed by atoms with Gasteiger partial charge in [0.1, 0.15) is 53.5 Å². The highest BCUT2D eigenvalue weighted by Gasteiger charge is 2.35. The van der Waals surface area contributed by atoms with Gasteiger partial charge in [-0.05, 0) is 97.5 Å². The average Bonchev–Trinajstić information content (AvgIpc) is 4.11. The van der Waals surface area contributed by atoms with Gasteiger partial charge in [-0.15, -0.1) is 0 Å². The first-order chi connectivity index (χ1) is 25.7. The van der Waals surface area contributed by atoms with E-state index in [4.69, 9.17) is 28.4 Å². The Morgan fingerprint density at radius 2 is 0.926 bits per heavy atom. The molecule has 4 aromatic rings. The smallest absolute Gasteiger partial charge is 0.120 e. The van der Waals surface area contributed by atoms with Crippen molar-refractivity contribution in [3.05, 3.63) is 119 Å². The van der Waals surface area contributed by atoms with Crippen LogP contribution < -0.4 is 18.9 Å². The number of aliphatic hydroxyl groups is 1. The van der Waals surface area contributed by atoms with E-state index in [1.807, 2.05) is 43.3 Å². The number of ether oxygens (including phenoxy) is 6. The average molecular weight is 737 g/mol. The molecule has 2 saturated heterocycles. The van der Waals surface area contributed by atoms with Crippen LogP contribution in [0, 0.1) is 0 Å². The van der Waals surface area contributed by atoms with Crippen LogP contribution in [0.5, 0.6) is 23.0 Å². The molecule has 2 aliphatic rings. The van der Waals surface area contributed by atoms with Crippen molar-refractivity contribution in [3.63, 3.8) is 0 Å². The molecule has 0 spiro atoms. The van der Waals surface area contributed by atoms with Gasteiger partial charge in [0.2, 0.25) is 0 Å². The highest BCUT2D eigenvalue weighted by Crippen LogP contribution is 2.37. The molecule has 0 amide bonds. The van der Waals surface area contributed by atoms with Crippen LogP contribution in [-0.2, 0) is 20.3 Å². The van der Waals surface area contributed by atoms with Crippen molar-refractivity contribution >= 4 is 0 Å². The first-order valence-corrected chi connectivity index (χ1v) is 19.7. The molecule has 2 heterocycles. The standard InChI is InChI=1S/C47H60O7/c1-9-46(7,53-40-23-15-35(16-24-40)45(5,6)34-13-21-39(22-14-34)50-31-43-32-52-43)27-37(48)29-49-38-19-11-33(12-20-38)44(3,4)36-17-25-41(26-18-36)54-47(8,10-2)28-42-30-51-42/h11-26,37,42-43,48H,9-10,27-32H2,1-8H3. The zero-order valence-corrected chi connectivity index (χ0v) is 33.5. The molecule has 7 nitrogen and oxygen atoms in total. The number of rotatable bonds is 20. The number of hydrogen-bond acceptors (Lipinski definition) is 7. The monoisotopic (exact) mass is 736 g/mol. The highest BCUT2D eigenvalue weighted by atomic mass is 16.6. The Balaban J connectivity index is 0.990. The van der Waals surface area contributed by atoms with Crippen LogP contribution in [0.1, 0.15) is 103 Å².